The highest BCUT2D eigenvalue weighted by molar-refractivity contribution is 5.76. The van der Waals surface area contributed by atoms with E-state index in [0.29, 0.717) is 25.9 Å². The van der Waals surface area contributed by atoms with Gasteiger partial charge in [0.05, 0.1) is 25.4 Å². The zero-order chi connectivity index (χ0) is 42.3. The van der Waals surface area contributed by atoms with E-state index in [1.165, 1.54) is 180 Å². The molecule has 3 N–H and O–H groups in total. The summed E-state index contributed by atoms with van der Waals surface area (Å²) in [6.07, 6.45) is 54.6. The third-order valence-corrected chi connectivity index (χ3v) is 12.1. The van der Waals surface area contributed by atoms with Gasteiger partial charge in [0, 0.05) is 12.8 Å². The number of carbonyl (C=O) groups excluding carboxylic acids is 2. The second-order valence-electron chi connectivity index (χ2n) is 17.9. The maximum atomic E-state index is 12.4. The summed E-state index contributed by atoms with van der Waals surface area (Å²) in [5.74, 6) is -0.0744. The molecule has 0 aliphatic carbocycles. The highest BCUT2D eigenvalue weighted by Gasteiger charge is 2.20. The van der Waals surface area contributed by atoms with Gasteiger partial charge in [-0.1, -0.05) is 231 Å². The van der Waals surface area contributed by atoms with Gasteiger partial charge in [-0.3, -0.25) is 9.59 Å². The van der Waals surface area contributed by atoms with E-state index in [-0.39, 0.29) is 18.5 Å². The molecule has 0 aromatic carbocycles. The van der Waals surface area contributed by atoms with Gasteiger partial charge in [-0.25, -0.2) is 0 Å². The van der Waals surface area contributed by atoms with Crippen molar-refractivity contribution < 1.29 is 24.5 Å². The van der Waals surface area contributed by atoms with E-state index < -0.39 is 12.1 Å². The van der Waals surface area contributed by atoms with Crippen molar-refractivity contribution in [2.45, 2.75) is 296 Å². The van der Waals surface area contributed by atoms with Crippen LogP contribution < -0.4 is 5.32 Å². The van der Waals surface area contributed by atoms with E-state index in [0.717, 1.165) is 70.6 Å². The van der Waals surface area contributed by atoms with Crippen molar-refractivity contribution >= 4 is 11.9 Å². The molecule has 2 atom stereocenters. The van der Waals surface area contributed by atoms with Crippen molar-refractivity contribution in [1.82, 2.24) is 5.32 Å². The molecule has 344 valence electrons. The van der Waals surface area contributed by atoms with Gasteiger partial charge in [0.15, 0.2) is 0 Å². The quantitative estimate of drug-likeness (QED) is 0.0323. The summed E-state index contributed by atoms with van der Waals surface area (Å²) in [5.41, 5.74) is 0. The Balaban J connectivity index is 3.49. The fraction of sp³-hybridized carbons (Fsp3) is 0.923. The van der Waals surface area contributed by atoms with Crippen LogP contribution in [-0.2, 0) is 14.3 Å². The minimum absolute atomic E-state index is 0.0108. The molecule has 58 heavy (non-hydrogen) atoms. The summed E-state index contributed by atoms with van der Waals surface area (Å²) in [6.45, 7) is 4.92. The van der Waals surface area contributed by atoms with Crippen molar-refractivity contribution in [3.8, 4) is 0 Å². The molecule has 0 bridgehead atoms. The van der Waals surface area contributed by atoms with Crippen molar-refractivity contribution in [2.75, 3.05) is 13.2 Å². The SMILES string of the molecule is CCCCCCCCCCCCCCCCCC(O)C(CO)NC(=O)CCCCC/C=C\CCCCCCCCOC(=O)CCCCCCCCCCCCCCC. The standard InChI is InChI=1S/C52H101NO5/c1-3-5-7-9-11-13-15-17-18-21-24-28-32-36-40-44-50(55)49(48-54)53-51(56)45-41-37-33-29-25-22-19-23-27-31-35-39-43-47-58-52(57)46-42-38-34-30-26-20-16-14-12-10-8-6-4-2/h22,25,49-50,54-55H,3-21,23-24,26-48H2,1-2H3,(H,53,56)/b25-22-. The Morgan fingerprint density at radius 2 is 0.810 bits per heavy atom. The third-order valence-electron chi connectivity index (χ3n) is 12.1. The number of amides is 1. The molecular formula is C52H101NO5. The largest absolute Gasteiger partial charge is 0.466 e. The highest BCUT2D eigenvalue weighted by Crippen LogP contribution is 2.16. The van der Waals surface area contributed by atoms with Gasteiger partial charge in [0.2, 0.25) is 5.91 Å². The molecule has 0 aromatic heterocycles. The number of rotatable bonds is 48. The Kier molecular flexibility index (Phi) is 47.1. The van der Waals surface area contributed by atoms with Crippen molar-refractivity contribution in [2.24, 2.45) is 0 Å². The van der Waals surface area contributed by atoms with Gasteiger partial charge >= 0.3 is 5.97 Å². The molecule has 6 nitrogen and oxygen atoms in total. The minimum atomic E-state index is -0.680. The third kappa shape index (κ3) is 44.2. The van der Waals surface area contributed by atoms with Crippen LogP contribution in [0.1, 0.15) is 284 Å². The van der Waals surface area contributed by atoms with E-state index in [1.54, 1.807) is 0 Å². The van der Waals surface area contributed by atoms with Gasteiger partial charge in [-0.05, 0) is 51.4 Å². The first-order chi connectivity index (χ1) is 28.5. The van der Waals surface area contributed by atoms with Gasteiger partial charge in [-0.2, -0.15) is 0 Å². The first-order valence-electron chi connectivity index (χ1n) is 25.9. The molecule has 0 saturated carbocycles. The van der Waals surface area contributed by atoms with E-state index >= 15 is 0 Å². The Labute approximate surface area is 361 Å². The van der Waals surface area contributed by atoms with E-state index in [1.807, 2.05) is 0 Å². The Morgan fingerprint density at radius 1 is 0.466 bits per heavy atom. The van der Waals surface area contributed by atoms with Crippen LogP contribution in [0, 0.1) is 0 Å². The number of nitrogens with one attached hydrogen (secondary N) is 1. The molecular weight excluding hydrogens is 719 g/mol. The lowest BCUT2D eigenvalue weighted by Gasteiger charge is -2.22. The second kappa shape index (κ2) is 48.3. The molecule has 1 amide bonds. The minimum Gasteiger partial charge on any atom is -0.466 e. The number of esters is 1. The van der Waals surface area contributed by atoms with Crippen molar-refractivity contribution in [3.05, 3.63) is 12.2 Å². The fourth-order valence-electron chi connectivity index (χ4n) is 8.05. The predicted molar refractivity (Wildman–Crippen MR) is 250 cm³/mol. The predicted octanol–water partition coefficient (Wildman–Crippen LogP) is 15.3. The number of unbranched alkanes of at least 4 members (excludes halogenated alkanes) is 35. The average Bonchev–Trinajstić information content (AvgIpc) is 3.22. The summed E-state index contributed by atoms with van der Waals surface area (Å²) in [7, 11) is 0. The van der Waals surface area contributed by atoms with Crippen LogP contribution in [0.25, 0.3) is 0 Å². The number of hydrogen-bond acceptors (Lipinski definition) is 5. The van der Waals surface area contributed by atoms with Crippen LogP contribution in [-0.4, -0.2) is 47.4 Å². The molecule has 0 aliphatic heterocycles. The van der Waals surface area contributed by atoms with Gasteiger partial charge in [0.1, 0.15) is 0 Å². The van der Waals surface area contributed by atoms with Crippen molar-refractivity contribution in [3.63, 3.8) is 0 Å². The summed E-state index contributed by atoms with van der Waals surface area (Å²) in [4.78, 5) is 24.4. The molecule has 0 fully saturated rings. The lowest BCUT2D eigenvalue weighted by atomic mass is 10.0. The molecule has 0 rings (SSSR count). The van der Waals surface area contributed by atoms with Crippen LogP contribution in [0.5, 0.6) is 0 Å². The number of hydrogen-bond donors (Lipinski definition) is 3. The first-order valence-corrected chi connectivity index (χ1v) is 25.9. The molecule has 0 aliphatic rings. The Morgan fingerprint density at radius 3 is 1.24 bits per heavy atom. The maximum absolute atomic E-state index is 12.4. The normalized spacial score (nSPS) is 12.7. The van der Waals surface area contributed by atoms with E-state index in [9.17, 15) is 19.8 Å². The first kappa shape index (κ1) is 56.6. The zero-order valence-electron chi connectivity index (χ0n) is 39.0. The molecule has 0 saturated heterocycles. The van der Waals surface area contributed by atoms with Crippen LogP contribution in [0.2, 0.25) is 0 Å². The van der Waals surface area contributed by atoms with E-state index in [4.69, 9.17) is 4.74 Å². The maximum Gasteiger partial charge on any atom is 0.305 e. The number of ether oxygens (including phenoxy) is 1. The molecule has 0 aromatic rings. The summed E-state index contributed by atoms with van der Waals surface area (Å²) >= 11 is 0. The molecule has 0 heterocycles. The number of allylic oxidation sites excluding steroid dienone is 2. The van der Waals surface area contributed by atoms with Gasteiger partial charge in [-0.15, -0.1) is 0 Å². The summed E-state index contributed by atoms with van der Waals surface area (Å²) in [6, 6.07) is -0.560. The Hall–Kier alpha value is -1.40. The highest BCUT2D eigenvalue weighted by atomic mass is 16.5. The summed E-state index contributed by atoms with van der Waals surface area (Å²) < 4.78 is 5.45. The zero-order valence-corrected chi connectivity index (χ0v) is 39.0. The van der Waals surface area contributed by atoms with Crippen LogP contribution in [0.4, 0.5) is 0 Å². The van der Waals surface area contributed by atoms with Crippen LogP contribution >= 0.6 is 0 Å². The Bertz CT molecular complexity index is 863. The average molecular weight is 820 g/mol. The second-order valence-corrected chi connectivity index (χ2v) is 17.9. The van der Waals surface area contributed by atoms with Gasteiger partial charge in [0.25, 0.3) is 0 Å². The number of aliphatic hydroxyl groups excluding tert-OH is 2. The lowest BCUT2D eigenvalue weighted by molar-refractivity contribution is -0.143. The fourth-order valence-corrected chi connectivity index (χ4v) is 8.05. The monoisotopic (exact) mass is 820 g/mol. The number of aliphatic hydroxyl groups is 2. The number of carbonyl (C=O) groups is 2. The topological polar surface area (TPSA) is 95.9 Å². The molecule has 0 radical (unpaired) electrons. The smallest absolute Gasteiger partial charge is 0.305 e. The van der Waals surface area contributed by atoms with Gasteiger partial charge < -0.3 is 20.3 Å². The molecule has 0 spiro atoms. The summed E-state index contributed by atoms with van der Waals surface area (Å²) in [5, 5.41) is 23.2. The van der Waals surface area contributed by atoms with E-state index in [2.05, 4.69) is 31.3 Å². The lowest BCUT2D eigenvalue weighted by Crippen LogP contribution is -2.45. The van der Waals surface area contributed by atoms with Crippen LogP contribution in [0.3, 0.4) is 0 Å². The molecule has 6 heteroatoms. The molecule has 2 unspecified atom stereocenters. The van der Waals surface area contributed by atoms with Crippen molar-refractivity contribution in [1.29, 1.82) is 0 Å². The van der Waals surface area contributed by atoms with Crippen LogP contribution in [0.15, 0.2) is 12.2 Å².